The molecule has 0 aliphatic heterocycles. The number of sulfonamides is 1. The van der Waals surface area contributed by atoms with Crippen molar-refractivity contribution in [3.05, 3.63) is 65.7 Å². The first kappa shape index (κ1) is 20.0. The third kappa shape index (κ3) is 5.08. The molecule has 2 aromatic carbocycles. The first-order chi connectivity index (χ1) is 12.2. The van der Waals surface area contributed by atoms with E-state index < -0.39 is 10.0 Å². The highest BCUT2D eigenvalue weighted by molar-refractivity contribution is 7.92. The Morgan fingerprint density at radius 1 is 1.04 bits per heavy atom. The molecule has 0 spiro atoms. The molecule has 0 aromatic heterocycles. The second-order valence-corrected chi connectivity index (χ2v) is 8.83. The van der Waals surface area contributed by atoms with Crippen molar-refractivity contribution in [1.82, 2.24) is 5.32 Å². The number of anilines is 1. The molecule has 1 amide bonds. The van der Waals surface area contributed by atoms with E-state index >= 15 is 0 Å². The van der Waals surface area contributed by atoms with E-state index in [2.05, 4.69) is 19.2 Å². The molecule has 0 unspecified atom stereocenters. The molecule has 0 radical (unpaired) electrons. The molecule has 0 fully saturated rings. The molecule has 5 nitrogen and oxygen atoms in total. The molecule has 1 atom stereocenters. The maximum atomic E-state index is 12.9. The standard InChI is InChI=1S/C20H26N2O3S/c1-15(2)14-18(16-10-6-5-7-11-16)21-20(23)17-12-8-9-13-19(17)22(3)26(4,24)25/h5-13,15,18H,14H2,1-4H3,(H,21,23)/t18-/m0/s1. The van der Waals surface area contributed by atoms with Crippen LogP contribution in [0.5, 0.6) is 0 Å². The summed E-state index contributed by atoms with van der Waals surface area (Å²) in [6.07, 6.45) is 1.91. The van der Waals surface area contributed by atoms with Gasteiger partial charge in [-0.2, -0.15) is 0 Å². The summed E-state index contributed by atoms with van der Waals surface area (Å²) in [6.45, 7) is 4.21. The first-order valence-electron chi connectivity index (χ1n) is 8.59. The molecular formula is C20H26N2O3S. The second-order valence-electron chi connectivity index (χ2n) is 6.81. The van der Waals surface area contributed by atoms with Crippen molar-refractivity contribution in [2.75, 3.05) is 17.6 Å². The van der Waals surface area contributed by atoms with Crippen LogP contribution in [0.3, 0.4) is 0 Å². The summed E-state index contributed by atoms with van der Waals surface area (Å²) in [7, 11) is -2.01. The van der Waals surface area contributed by atoms with Gasteiger partial charge in [-0.3, -0.25) is 9.10 Å². The van der Waals surface area contributed by atoms with Crippen molar-refractivity contribution in [1.29, 1.82) is 0 Å². The van der Waals surface area contributed by atoms with Gasteiger partial charge < -0.3 is 5.32 Å². The molecule has 140 valence electrons. The van der Waals surface area contributed by atoms with Crippen LogP contribution >= 0.6 is 0 Å². The number of benzene rings is 2. The summed E-state index contributed by atoms with van der Waals surface area (Å²) >= 11 is 0. The van der Waals surface area contributed by atoms with Gasteiger partial charge in [0.15, 0.2) is 0 Å². The van der Waals surface area contributed by atoms with Crippen molar-refractivity contribution in [2.45, 2.75) is 26.3 Å². The Bertz CT molecular complexity index is 848. The van der Waals surface area contributed by atoms with Crippen LogP contribution in [0.1, 0.15) is 42.2 Å². The highest BCUT2D eigenvalue weighted by Gasteiger charge is 2.22. The fourth-order valence-electron chi connectivity index (χ4n) is 2.79. The predicted octanol–water partition coefficient (Wildman–Crippen LogP) is 3.60. The van der Waals surface area contributed by atoms with Gasteiger partial charge in [-0.05, 0) is 30.0 Å². The predicted molar refractivity (Wildman–Crippen MR) is 106 cm³/mol. The van der Waals surface area contributed by atoms with Gasteiger partial charge in [0.25, 0.3) is 5.91 Å². The van der Waals surface area contributed by atoms with Crippen LogP contribution in [0.25, 0.3) is 0 Å². The Morgan fingerprint density at radius 2 is 1.62 bits per heavy atom. The molecule has 2 rings (SSSR count). The number of nitrogens with zero attached hydrogens (tertiary/aromatic N) is 1. The van der Waals surface area contributed by atoms with Gasteiger partial charge in [-0.15, -0.1) is 0 Å². The topological polar surface area (TPSA) is 66.5 Å². The normalized spacial score (nSPS) is 12.7. The second kappa shape index (κ2) is 8.36. The Kier molecular flexibility index (Phi) is 6.42. The number of carbonyl (C=O) groups is 1. The third-order valence-electron chi connectivity index (χ3n) is 4.20. The lowest BCUT2D eigenvalue weighted by molar-refractivity contribution is 0.0932. The highest BCUT2D eigenvalue weighted by atomic mass is 32.2. The summed E-state index contributed by atoms with van der Waals surface area (Å²) in [5.41, 5.74) is 1.73. The minimum atomic E-state index is -3.46. The van der Waals surface area contributed by atoms with Crippen LogP contribution in [0.15, 0.2) is 54.6 Å². The largest absolute Gasteiger partial charge is 0.345 e. The molecule has 0 bridgehead atoms. The van der Waals surface area contributed by atoms with Gasteiger partial charge in [0.2, 0.25) is 10.0 Å². The third-order valence-corrected chi connectivity index (χ3v) is 5.39. The molecule has 0 saturated carbocycles. The van der Waals surface area contributed by atoms with Crippen molar-refractivity contribution in [2.24, 2.45) is 5.92 Å². The number of para-hydroxylation sites is 1. The Labute approximate surface area is 156 Å². The Balaban J connectivity index is 2.33. The van der Waals surface area contributed by atoms with Crippen molar-refractivity contribution in [3.8, 4) is 0 Å². The summed E-state index contributed by atoms with van der Waals surface area (Å²) in [6, 6.07) is 16.4. The van der Waals surface area contributed by atoms with Gasteiger partial charge in [0, 0.05) is 7.05 Å². The van der Waals surface area contributed by atoms with Gasteiger partial charge >= 0.3 is 0 Å². The number of nitrogens with one attached hydrogen (secondary N) is 1. The SMILES string of the molecule is CC(C)C[C@H](NC(=O)c1ccccc1N(C)S(C)(=O)=O)c1ccccc1. The molecule has 1 N–H and O–H groups in total. The van der Waals surface area contributed by atoms with Crippen LogP contribution in [-0.4, -0.2) is 27.6 Å². The summed E-state index contributed by atoms with van der Waals surface area (Å²) in [5.74, 6) is 0.111. The Morgan fingerprint density at radius 3 is 2.19 bits per heavy atom. The van der Waals surface area contributed by atoms with Crippen molar-refractivity contribution < 1.29 is 13.2 Å². The molecule has 0 saturated heterocycles. The number of carbonyl (C=O) groups excluding carboxylic acids is 1. The number of hydrogen-bond donors (Lipinski definition) is 1. The molecule has 0 aliphatic rings. The van der Waals surface area contributed by atoms with Gasteiger partial charge in [0.1, 0.15) is 0 Å². The van der Waals surface area contributed by atoms with E-state index in [9.17, 15) is 13.2 Å². The van der Waals surface area contributed by atoms with E-state index in [0.717, 1.165) is 22.5 Å². The average molecular weight is 375 g/mol. The highest BCUT2D eigenvalue weighted by Crippen LogP contribution is 2.25. The lowest BCUT2D eigenvalue weighted by Gasteiger charge is -2.24. The Hall–Kier alpha value is -2.34. The monoisotopic (exact) mass is 374 g/mol. The summed E-state index contributed by atoms with van der Waals surface area (Å²) < 4.78 is 24.9. The molecular weight excluding hydrogens is 348 g/mol. The van der Waals surface area contributed by atoms with Crippen molar-refractivity contribution >= 4 is 21.6 Å². The lowest BCUT2D eigenvalue weighted by Crippen LogP contribution is -2.32. The summed E-state index contributed by atoms with van der Waals surface area (Å²) in [5, 5.41) is 3.07. The molecule has 0 heterocycles. The fraction of sp³-hybridized carbons (Fsp3) is 0.350. The summed E-state index contributed by atoms with van der Waals surface area (Å²) in [4.78, 5) is 12.9. The smallest absolute Gasteiger partial charge is 0.253 e. The van der Waals surface area contributed by atoms with E-state index in [-0.39, 0.29) is 11.9 Å². The first-order valence-corrected chi connectivity index (χ1v) is 10.4. The number of amides is 1. The number of hydrogen-bond acceptors (Lipinski definition) is 3. The van der Waals surface area contributed by atoms with E-state index in [1.54, 1.807) is 24.3 Å². The quantitative estimate of drug-likeness (QED) is 0.805. The van der Waals surface area contributed by atoms with E-state index in [1.165, 1.54) is 7.05 Å². The van der Waals surface area contributed by atoms with Gasteiger partial charge in [-0.1, -0.05) is 56.3 Å². The zero-order valence-electron chi connectivity index (χ0n) is 15.6. The zero-order valence-corrected chi connectivity index (χ0v) is 16.5. The maximum Gasteiger partial charge on any atom is 0.253 e. The number of rotatable bonds is 7. The van der Waals surface area contributed by atoms with E-state index in [4.69, 9.17) is 0 Å². The fourth-order valence-corrected chi connectivity index (χ4v) is 3.31. The molecule has 26 heavy (non-hydrogen) atoms. The lowest BCUT2D eigenvalue weighted by atomic mass is 9.96. The van der Waals surface area contributed by atoms with Crippen LogP contribution in [0, 0.1) is 5.92 Å². The van der Waals surface area contributed by atoms with Crippen LogP contribution in [0.2, 0.25) is 0 Å². The van der Waals surface area contributed by atoms with E-state index in [1.807, 2.05) is 30.3 Å². The van der Waals surface area contributed by atoms with Crippen LogP contribution < -0.4 is 9.62 Å². The minimum absolute atomic E-state index is 0.139. The van der Waals surface area contributed by atoms with Crippen LogP contribution in [-0.2, 0) is 10.0 Å². The molecule has 6 heteroatoms. The van der Waals surface area contributed by atoms with Gasteiger partial charge in [0.05, 0.1) is 23.5 Å². The van der Waals surface area contributed by atoms with Crippen LogP contribution in [0.4, 0.5) is 5.69 Å². The van der Waals surface area contributed by atoms with E-state index in [0.29, 0.717) is 17.2 Å². The minimum Gasteiger partial charge on any atom is -0.345 e. The molecule has 2 aromatic rings. The maximum absolute atomic E-state index is 12.9. The zero-order chi connectivity index (χ0) is 19.3. The van der Waals surface area contributed by atoms with Crippen molar-refractivity contribution in [3.63, 3.8) is 0 Å². The average Bonchev–Trinajstić information content (AvgIpc) is 2.60. The van der Waals surface area contributed by atoms with Gasteiger partial charge in [-0.25, -0.2) is 8.42 Å². The molecule has 0 aliphatic carbocycles.